The van der Waals surface area contributed by atoms with Gasteiger partial charge in [0.1, 0.15) is 11.5 Å². The molecule has 2 aromatic rings. The zero-order chi connectivity index (χ0) is 11.5. The second-order valence-electron chi connectivity index (χ2n) is 3.29. The minimum Gasteiger partial charge on any atom is -0.292 e. The van der Waals surface area contributed by atoms with E-state index < -0.39 is 0 Å². The van der Waals surface area contributed by atoms with Crippen molar-refractivity contribution in [2.75, 3.05) is 0 Å². The Morgan fingerprint density at radius 3 is 2.88 bits per heavy atom. The molecule has 0 aromatic carbocycles. The topological polar surface area (TPSA) is 42.9 Å². The minimum absolute atomic E-state index is 0.0276. The number of aromatic nitrogens is 2. The summed E-state index contributed by atoms with van der Waals surface area (Å²) in [5, 5.41) is 0. The second-order valence-corrected chi connectivity index (χ2v) is 5.84. The SMILES string of the molecule is Cc1nccc(C(=O)Cc2ccc(Br)s2)n1. The zero-order valence-electron chi connectivity index (χ0n) is 8.61. The number of ketones is 1. The average molecular weight is 297 g/mol. The van der Waals surface area contributed by atoms with Gasteiger partial charge in [-0.3, -0.25) is 4.79 Å². The molecule has 0 saturated heterocycles. The van der Waals surface area contributed by atoms with Gasteiger partial charge in [0.15, 0.2) is 5.78 Å². The van der Waals surface area contributed by atoms with E-state index in [9.17, 15) is 4.79 Å². The van der Waals surface area contributed by atoms with Crippen molar-refractivity contribution in [1.82, 2.24) is 9.97 Å². The summed E-state index contributed by atoms with van der Waals surface area (Å²) in [7, 11) is 0. The summed E-state index contributed by atoms with van der Waals surface area (Å²) in [4.78, 5) is 21.0. The number of aryl methyl sites for hydroxylation is 1. The summed E-state index contributed by atoms with van der Waals surface area (Å²) in [6, 6.07) is 5.54. The molecular weight excluding hydrogens is 288 g/mol. The van der Waals surface area contributed by atoms with Crippen LogP contribution in [0.2, 0.25) is 0 Å². The van der Waals surface area contributed by atoms with Gasteiger partial charge in [-0.15, -0.1) is 11.3 Å². The number of rotatable bonds is 3. The van der Waals surface area contributed by atoms with Gasteiger partial charge in [-0.25, -0.2) is 9.97 Å². The fraction of sp³-hybridized carbons (Fsp3) is 0.182. The summed E-state index contributed by atoms with van der Waals surface area (Å²) in [5.41, 5.74) is 0.483. The number of hydrogen-bond donors (Lipinski definition) is 0. The number of thiophene rings is 1. The first-order chi connectivity index (χ1) is 7.65. The molecule has 0 unspecified atom stereocenters. The van der Waals surface area contributed by atoms with E-state index >= 15 is 0 Å². The summed E-state index contributed by atoms with van der Waals surface area (Å²) >= 11 is 4.94. The lowest BCUT2D eigenvalue weighted by molar-refractivity contribution is 0.0988. The van der Waals surface area contributed by atoms with Crippen LogP contribution in [0.25, 0.3) is 0 Å². The van der Waals surface area contributed by atoms with Crippen LogP contribution in [0.1, 0.15) is 21.2 Å². The number of Topliss-reactive ketones (excluding diaryl/α,β-unsaturated/α-hetero) is 1. The molecule has 0 saturated carbocycles. The normalized spacial score (nSPS) is 10.4. The Bertz CT molecular complexity index is 524. The molecule has 0 fully saturated rings. The number of carbonyl (C=O) groups excluding carboxylic acids is 1. The summed E-state index contributed by atoms with van der Waals surface area (Å²) < 4.78 is 1.04. The number of halogens is 1. The molecule has 0 aliphatic carbocycles. The maximum atomic E-state index is 11.9. The van der Waals surface area contributed by atoms with Gasteiger partial charge in [0.25, 0.3) is 0 Å². The number of nitrogens with zero attached hydrogens (tertiary/aromatic N) is 2. The Morgan fingerprint density at radius 2 is 2.25 bits per heavy atom. The van der Waals surface area contributed by atoms with Gasteiger partial charge in [-0.2, -0.15) is 0 Å². The molecular formula is C11H9BrN2OS. The van der Waals surface area contributed by atoms with Crippen molar-refractivity contribution in [1.29, 1.82) is 0 Å². The molecule has 0 bridgehead atoms. The van der Waals surface area contributed by atoms with E-state index in [1.54, 1.807) is 30.5 Å². The quantitative estimate of drug-likeness (QED) is 0.818. The first kappa shape index (κ1) is 11.4. The Hall–Kier alpha value is -1.07. The highest BCUT2D eigenvalue weighted by molar-refractivity contribution is 9.11. The van der Waals surface area contributed by atoms with E-state index in [2.05, 4.69) is 25.9 Å². The van der Waals surface area contributed by atoms with Gasteiger partial charge in [0.05, 0.1) is 3.79 Å². The van der Waals surface area contributed by atoms with Gasteiger partial charge in [0, 0.05) is 17.5 Å². The molecule has 0 atom stereocenters. The van der Waals surface area contributed by atoms with E-state index in [1.165, 1.54) is 0 Å². The van der Waals surface area contributed by atoms with E-state index in [0.717, 1.165) is 8.66 Å². The number of hydrogen-bond acceptors (Lipinski definition) is 4. The van der Waals surface area contributed by atoms with Crippen LogP contribution in [0.3, 0.4) is 0 Å². The molecule has 0 radical (unpaired) electrons. The maximum absolute atomic E-state index is 11.9. The lowest BCUT2D eigenvalue weighted by Gasteiger charge is -1.98. The summed E-state index contributed by atoms with van der Waals surface area (Å²) in [6.07, 6.45) is 2.01. The third kappa shape index (κ3) is 2.74. The smallest absolute Gasteiger partial charge is 0.186 e. The van der Waals surface area contributed by atoms with Gasteiger partial charge in [-0.1, -0.05) is 0 Å². The van der Waals surface area contributed by atoms with Crippen LogP contribution in [0, 0.1) is 6.92 Å². The van der Waals surface area contributed by atoms with Crippen LogP contribution in [0.15, 0.2) is 28.2 Å². The van der Waals surface area contributed by atoms with Crippen LogP contribution in [0.5, 0.6) is 0 Å². The highest BCUT2D eigenvalue weighted by atomic mass is 79.9. The molecule has 0 aliphatic heterocycles. The first-order valence-corrected chi connectivity index (χ1v) is 6.33. The van der Waals surface area contributed by atoms with Crippen molar-refractivity contribution in [3.63, 3.8) is 0 Å². The standard InChI is InChI=1S/C11H9BrN2OS/c1-7-13-5-4-9(14-7)10(15)6-8-2-3-11(12)16-8/h2-5H,6H2,1H3. The molecule has 5 heteroatoms. The fourth-order valence-electron chi connectivity index (χ4n) is 1.31. The predicted octanol–water partition coefficient (Wildman–Crippen LogP) is 3.03. The molecule has 2 rings (SSSR count). The molecule has 2 aromatic heterocycles. The van der Waals surface area contributed by atoms with Gasteiger partial charge < -0.3 is 0 Å². The third-order valence-corrected chi connectivity index (χ3v) is 3.65. The molecule has 2 heterocycles. The third-order valence-electron chi connectivity index (χ3n) is 2.03. The van der Waals surface area contributed by atoms with E-state index in [1.807, 2.05) is 12.1 Å². The van der Waals surface area contributed by atoms with Gasteiger partial charge >= 0.3 is 0 Å². The van der Waals surface area contributed by atoms with Crippen LogP contribution in [0.4, 0.5) is 0 Å². The first-order valence-electron chi connectivity index (χ1n) is 4.72. The van der Waals surface area contributed by atoms with Crippen molar-refractivity contribution in [2.24, 2.45) is 0 Å². The number of carbonyl (C=O) groups is 1. The fourth-order valence-corrected chi connectivity index (χ4v) is 2.79. The Labute approximate surface area is 106 Å². The molecule has 0 aliphatic rings. The summed E-state index contributed by atoms with van der Waals surface area (Å²) in [5.74, 6) is 0.651. The van der Waals surface area contributed by atoms with Crippen molar-refractivity contribution in [2.45, 2.75) is 13.3 Å². The average Bonchev–Trinajstić information content (AvgIpc) is 2.64. The van der Waals surface area contributed by atoms with Crippen molar-refractivity contribution >= 4 is 33.0 Å². The van der Waals surface area contributed by atoms with Crippen molar-refractivity contribution in [3.8, 4) is 0 Å². The maximum Gasteiger partial charge on any atom is 0.186 e. The summed E-state index contributed by atoms with van der Waals surface area (Å²) in [6.45, 7) is 1.78. The van der Waals surface area contributed by atoms with E-state index in [4.69, 9.17) is 0 Å². The molecule has 0 N–H and O–H groups in total. The van der Waals surface area contributed by atoms with Crippen molar-refractivity contribution < 1.29 is 4.79 Å². The van der Waals surface area contributed by atoms with Crippen LogP contribution >= 0.6 is 27.3 Å². The lowest BCUT2D eigenvalue weighted by Crippen LogP contribution is -2.06. The van der Waals surface area contributed by atoms with Crippen LogP contribution in [-0.2, 0) is 6.42 Å². The van der Waals surface area contributed by atoms with Gasteiger partial charge in [-0.05, 0) is 41.1 Å². The Balaban J connectivity index is 2.14. The minimum atomic E-state index is 0.0276. The molecule has 82 valence electrons. The van der Waals surface area contributed by atoms with E-state index in [0.29, 0.717) is 17.9 Å². The largest absolute Gasteiger partial charge is 0.292 e. The second kappa shape index (κ2) is 4.84. The molecule has 0 amide bonds. The monoisotopic (exact) mass is 296 g/mol. The zero-order valence-corrected chi connectivity index (χ0v) is 11.0. The van der Waals surface area contributed by atoms with Gasteiger partial charge in [0.2, 0.25) is 0 Å². The van der Waals surface area contributed by atoms with E-state index in [-0.39, 0.29) is 5.78 Å². The van der Waals surface area contributed by atoms with Crippen LogP contribution in [-0.4, -0.2) is 15.8 Å². The highest BCUT2D eigenvalue weighted by Gasteiger charge is 2.10. The Morgan fingerprint density at radius 1 is 1.44 bits per heavy atom. The Kier molecular flexibility index (Phi) is 3.46. The lowest BCUT2D eigenvalue weighted by atomic mass is 10.2. The highest BCUT2D eigenvalue weighted by Crippen LogP contribution is 2.23. The molecule has 3 nitrogen and oxygen atoms in total. The molecule has 16 heavy (non-hydrogen) atoms. The predicted molar refractivity (Wildman–Crippen MR) is 66.8 cm³/mol. The molecule has 0 spiro atoms. The van der Waals surface area contributed by atoms with Crippen molar-refractivity contribution in [3.05, 3.63) is 44.6 Å². The van der Waals surface area contributed by atoms with Crippen LogP contribution < -0.4 is 0 Å².